The molecule has 2 N–H and O–H groups in total. The molecule has 2 atom stereocenters. The van der Waals surface area contributed by atoms with E-state index in [2.05, 4.69) is 11.9 Å². The van der Waals surface area contributed by atoms with Gasteiger partial charge >= 0.3 is 5.97 Å². The highest BCUT2D eigenvalue weighted by atomic mass is 35.5. The van der Waals surface area contributed by atoms with Crippen LogP contribution in [0.3, 0.4) is 0 Å². The maximum absolute atomic E-state index is 13.6. The highest BCUT2D eigenvalue weighted by Crippen LogP contribution is 2.35. The number of nitrogens with zero attached hydrogens (tertiary/aromatic N) is 1. The summed E-state index contributed by atoms with van der Waals surface area (Å²) < 4.78 is 6.73. The van der Waals surface area contributed by atoms with Gasteiger partial charge in [0.1, 0.15) is 5.60 Å². The van der Waals surface area contributed by atoms with Gasteiger partial charge in [0.25, 0.3) is 5.56 Å². The number of esters is 1. The number of rotatable bonds is 8. The molecule has 1 aromatic heterocycles. The molecule has 0 spiro atoms. The molecule has 40 heavy (non-hydrogen) atoms. The summed E-state index contributed by atoms with van der Waals surface area (Å²) in [6.45, 7) is 8.89. The third-order valence-electron chi connectivity index (χ3n) is 7.38. The zero-order valence-corrected chi connectivity index (χ0v) is 23.9. The minimum absolute atomic E-state index is 0.123. The fraction of sp³-hybridized carbons (Fsp3) is 0.250. The Kier molecular flexibility index (Phi) is 7.78. The summed E-state index contributed by atoms with van der Waals surface area (Å²) in [5, 5.41) is 17.5. The van der Waals surface area contributed by atoms with Crippen LogP contribution in [0.5, 0.6) is 0 Å². The Morgan fingerprint density at radius 1 is 1.12 bits per heavy atom. The molecule has 5 rings (SSSR count). The molecule has 0 amide bonds. The van der Waals surface area contributed by atoms with Gasteiger partial charge in [0.15, 0.2) is 0 Å². The highest BCUT2D eigenvalue weighted by molar-refractivity contribution is 6.33. The number of alkyl halides is 1. The fourth-order valence-electron chi connectivity index (χ4n) is 5.04. The maximum atomic E-state index is 13.6. The molecule has 0 saturated heterocycles. The lowest BCUT2D eigenvalue weighted by Gasteiger charge is -2.30. The lowest BCUT2D eigenvalue weighted by atomic mass is 9.92. The second-order valence-electron chi connectivity index (χ2n) is 10.1. The Morgan fingerprint density at radius 2 is 1.85 bits per heavy atom. The Bertz CT molecular complexity index is 1740. The van der Waals surface area contributed by atoms with Crippen molar-refractivity contribution < 1.29 is 14.6 Å². The van der Waals surface area contributed by atoms with E-state index in [-0.39, 0.29) is 11.5 Å². The van der Waals surface area contributed by atoms with Gasteiger partial charge in [-0.15, -0.1) is 11.6 Å². The number of ether oxygens (including phenoxy) is 1. The van der Waals surface area contributed by atoms with E-state index in [1.807, 2.05) is 48.5 Å². The minimum atomic E-state index is -1.27. The zero-order valence-electron chi connectivity index (χ0n) is 22.3. The van der Waals surface area contributed by atoms with Crippen LogP contribution >= 0.6 is 23.2 Å². The SMILES string of the molecule is C=c1c2ccc(NCCC3=CC(Cl)C(C)(O)C(Cl)=C3)c3cccc(c(=O)n1Cc1ccc(C(=O)OCC)cc1)c32. The monoisotopic (exact) mass is 576 g/mol. The standard InChI is InChI=1S/C32H30Cl2N2O4/c1-4-40-31(38)22-10-8-20(9-11-22)18-36-19(2)23-12-13-26(24-6-5-7-25(29(23)24)30(36)37)35-15-14-21-16-27(33)32(3,39)28(34)17-21/h5-13,16-17,27,35,39H,2,4,14-15,18H2,1,3H3. The van der Waals surface area contributed by atoms with Crippen molar-refractivity contribution >= 4 is 63.0 Å². The molecule has 1 heterocycles. The second-order valence-corrected chi connectivity index (χ2v) is 11.0. The molecule has 1 aliphatic carbocycles. The third kappa shape index (κ3) is 5.15. The van der Waals surface area contributed by atoms with Crippen LogP contribution in [0.25, 0.3) is 28.1 Å². The lowest BCUT2D eigenvalue weighted by Crippen LogP contribution is -2.37. The number of aliphatic hydroxyl groups is 1. The third-order valence-corrected chi connectivity index (χ3v) is 8.42. The predicted molar refractivity (Wildman–Crippen MR) is 163 cm³/mol. The van der Waals surface area contributed by atoms with Gasteiger partial charge in [-0.3, -0.25) is 4.79 Å². The van der Waals surface area contributed by atoms with E-state index in [4.69, 9.17) is 27.9 Å². The number of hydrogen-bond donors (Lipinski definition) is 2. The predicted octanol–water partition coefficient (Wildman–Crippen LogP) is 5.73. The molecule has 8 heteroatoms. The van der Waals surface area contributed by atoms with E-state index in [0.29, 0.717) is 47.4 Å². The zero-order chi connectivity index (χ0) is 28.6. The number of halogens is 2. The van der Waals surface area contributed by atoms with E-state index in [1.165, 1.54) is 0 Å². The number of carbonyl (C=O) groups is 1. The van der Waals surface area contributed by atoms with Gasteiger partial charge in [-0.1, -0.05) is 54.6 Å². The second kappa shape index (κ2) is 11.1. The van der Waals surface area contributed by atoms with Crippen LogP contribution in [-0.4, -0.2) is 39.8 Å². The Balaban J connectivity index is 1.42. The van der Waals surface area contributed by atoms with Crippen molar-refractivity contribution in [3.63, 3.8) is 0 Å². The first kappa shape index (κ1) is 28.0. The number of aromatic nitrogens is 1. The van der Waals surface area contributed by atoms with Gasteiger partial charge in [-0.2, -0.15) is 0 Å². The topological polar surface area (TPSA) is 80.6 Å². The van der Waals surface area contributed by atoms with Crippen LogP contribution in [0, 0.1) is 0 Å². The van der Waals surface area contributed by atoms with Gasteiger partial charge < -0.3 is 19.7 Å². The average Bonchev–Trinajstić information content (AvgIpc) is 2.94. The number of hydrogen-bond acceptors (Lipinski definition) is 5. The smallest absolute Gasteiger partial charge is 0.338 e. The largest absolute Gasteiger partial charge is 0.462 e. The van der Waals surface area contributed by atoms with Gasteiger partial charge in [0.2, 0.25) is 0 Å². The molecular formula is C32H30Cl2N2O4. The van der Waals surface area contributed by atoms with Crippen molar-refractivity contribution in [1.29, 1.82) is 0 Å². The summed E-state index contributed by atoms with van der Waals surface area (Å²) >= 11 is 12.6. The Morgan fingerprint density at radius 3 is 2.55 bits per heavy atom. The van der Waals surface area contributed by atoms with Crippen LogP contribution in [0.4, 0.5) is 5.69 Å². The molecular weight excluding hydrogens is 547 g/mol. The number of allylic oxidation sites excluding steroid dienone is 1. The van der Waals surface area contributed by atoms with Gasteiger partial charge in [0.05, 0.1) is 29.1 Å². The van der Waals surface area contributed by atoms with E-state index in [1.54, 1.807) is 36.6 Å². The number of anilines is 1. The van der Waals surface area contributed by atoms with Crippen LogP contribution in [0.2, 0.25) is 0 Å². The van der Waals surface area contributed by atoms with E-state index in [0.717, 1.165) is 33.0 Å². The molecule has 1 aliphatic rings. The maximum Gasteiger partial charge on any atom is 0.338 e. The first-order valence-electron chi connectivity index (χ1n) is 13.1. The molecule has 0 radical (unpaired) electrons. The molecule has 0 saturated carbocycles. The Labute approximate surface area is 242 Å². The molecule has 3 aromatic carbocycles. The molecule has 0 bridgehead atoms. The fourth-order valence-corrected chi connectivity index (χ4v) is 5.63. The van der Waals surface area contributed by atoms with Crippen molar-refractivity contribution in [2.75, 3.05) is 18.5 Å². The average molecular weight is 578 g/mol. The van der Waals surface area contributed by atoms with Crippen molar-refractivity contribution in [3.8, 4) is 0 Å². The van der Waals surface area contributed by atoms with Crippen molar-refractivity contribution in [2.45, 2.75) is 37.8 Å². The quantitative estimate of drug-likeness (QED) is 0.207. The Hall–Kier alpha value is -3.58. The number of benzene rings is 3. The minimum Gasteiger partial charge on any atom is -0.462 e. The number of nitrogens with one attached hydrogen (secondary N) is 1. The molecule has 4 aromatic rings. The molecule has 0 aliphatic heterocycles. The summed E-state index contributed by atoms with van der Waals surface area (Å²) in [5.74, 6) is -0.371. The summed E-state index contributed by atoms with van der Waals surface area (Å²) in [5.41, 5.74) is 1.81. The summed E-state index contributed by atoms with van der Waals surface area (Å²) in [6, 6.07) is 16.8. The van der Waals surface area contributed by atoms with Crippen LogP contribution in [0.15, 0.2) is 82.1 Å². The molecule has 2 unspecified atom stereocenters. The molecule has 206 valence electrons. The van der Waals surface area contributed by atoms with Crippen LogP contribution in [0.1, 0.15) is 36.2 Å². The number of carbonyl (C=O) groups excluding carboxylic acids is 1. The first-order valence-corrected chi connectivity index (χ1v) is 13.9. The van der Waals surface area contributed by atoms with Gasteiger partial charge in [-0.25, -0.2) is 4.79 Å². The van der Waals surface area contributed by atoms with Crippen molar-refractivity contribution in [3.05, 3.63) is 104 Å². The highest BCUT2D eigenvalue weighted by Gasteiger charge is 2.35. The van der Waals surface area contributed by atoms with E-state index >= 15 is 0 Å². The van der Waals surface area contributed by atoms with Crippen LogP contribution in [-0.2, 0) is 11.3 Å². The molecule has 6 nitrogen and oxygen atoms in total. The van der Waals surface area contributed by atoms with Crippen LogP contribution < -0.4 is 16.2 Å². The van der Waals surface area contributed by atoms with Gasteiger partial charge in [0, 0.05) is 39.1 Å². The van der Waals surface area contributed by atoms with Crippen molar-refractivity contribution in [2.24, 2.45) is 0 Å². The van der Waals surface area contributed by atoms with E-state index < -0.39 is 11.0 Å². The molecule has 0 fully saturated rings. The lowest BCUT2D eigenvalue weighted by molar-refractivity contribution is 0.0526. The van der Waals surface area contributed by atoms with Crippen molar-refractivity contribution in [1.82, 2.24) is 4.57 Å². The first-order chi connectivity index (χ1) is 19.1. The van der Waals surface area contributed by atoms with E-state index in [9.17, 15) is 14.7 Å². The summed E-state index contributed by atoms with van der Waals surface area (Å²) in [7, 11) is 0. The van der Waals surface area contributed by atoms with Gasteiger partial charge in [-0.05, 0) is 61.7 Å². The summed E-state index contributed by atoms with van der Waals surface area (Å²) in [6.07, 6.45) is 4.25. The summed E-state index contributed by atoms with van der Waals surface area (Å²) in [4.78, 5) is 25.6. The number of pyridine rings is 1. The normalized spacial score (nSPS) is 19.0.